The topological polar surface area (TPSA) is 72.7 Å². The van der Waals surface area contributed by atoms with E-state index in [9.17, 15) is 4.79 Å². The molecule has 0 saturated carbocycles. The maximum Gasteiger partial charge on any atom is 0.276 e. The van der Waals surface area contributed by atoms with Gasteiger partial charge in [-0.25, -0.2) is 9.97 Å². The second kappa shape index (κ2) is 4.68. The zero-order valence-electron chi connectivity index (χ0n) is 8.69. The summed E-state index contributed by atoms with van der Waals surface area (Å²) in [6.07, 6.45) is 2.80. The van der Waals surface area contributed by atoms with Crippen molar-refractivity contribution < 1.29 is 4.79 Å². The number of nitrogens with zero attached hydrogens (tertiary/aromatic N) is 4. The lowest BCUT2D eigenvalue weighted by Crippen LogP contribution is -2.13. The summed E-state index contributed by atoms with van der Waals surface area (Å²) in [6.45, 7) is 0. The van der Waals surface area contributed by atoms with Crippen molar-refractivity contribution in [3.8, 4) is 0 Å². The number of hydrogen-bond acceptors (Lipinski definition) is 4. The van der Waals surface area contributed by atoms with Crippen LogP contribution >= 0.6 is 23.2 Å². The molecule has 0 aliphatic heterocycles. The second-order valence-corrected chi connectivity index (χ2v) is 3.90. The molecule has 2 rings (SSSR count). The van der Waals surface area contributed by atoms with Crippen LogP contribution in [0.25, 0.3) is 0 Å². The molecule has 0 bridgehead atoms. The Hall–Kier alpha value is -1.66. The Balaban J connectivity index is 2.14. The number of carbonyl (C=O) groups is 1. The van der Waals surface area contributed by atoms with Gasteiger partial charge in [0.15, 0.2) is 5.69 Å². The SMILES string of the molecule is Cn1nc(C(=O)Nc2cnc(Cl)nc2)cc1Cl. The Kier molecular flexibility index (Phi) is 3.26. The van der Waals surface area contributed by atoms with Gasteiger partial charge in [0.05, 0.1) is 18.1 Å². The van der Waals surface area contributed by atoms with Crippen LogP contribution < -0.4 is 5.32 Å². The van der Waals surface area contributed by atoms with E-state index in [-0.39, 0.29) is 11.0 Å². The Bertz CT molecular complexity index is 532. The second-order valence-electron chi connectivity index (χ2n) is 3.17. The Morgan fingerprint density at radius 1 is 1.35 bits per heavy atom. The van der Waals surface area contributed by atoms with Crippen molar-refractivity contribution in [2.75, 3.05) is 5.32 Å². The third kappa shape index (κ3) is 2.72. The summed E-state index contributed by atoms with van der Waals surface area (Å²) in [5.74, 6) is -0.390. The fraction of sp³-hybridized carbons (Fsp3) is 0.111. The van der Waals surface area contributed by atoms with Crippen LogP contribution in [0.2, 0.25) is 10.4 Å². The first-order valence-electron chi connectivity index (χ1n) is 4.54. The summed E-state index contributed by atoms with van der Waals surface area (Å²) in [5.41, 5.74) is 0.647. The highest BCUT2D eigenvalue weighted by Gasteiger charge is 2.12. The minimum absolute atomic E-state index is 0.115. The van der Waals surface area contributed by atoms with Gasteiger partial charge in [-0.2, -0.15) is 5.10 Å². The molecule has 88 valence electrons. The third-order valence-corrected chi connectivity index (χ3v) is 2.48. The van der Waals surface area contributed by atoms with Gasteiger partial charge in [-0.15, -0.1) is 0 Å². The number of amides is 1. The lowest BCUT2D eigenvalue weighted by atomic mass is 10.4. The van der Waals surface area contributed by atoms with Gasteiger partial charge < -0.3 is 5.32 Å². The average Bonchev–Trinajstić information content (AvgIpc) is 2.63. The van der Waals surface area contributed by atoms with Crippen molar-refractivity contribution in [2.45, 2.75) is 0 Å². The molecule has 1 amide bonds. The van der Waals surface area contributed by atoms with Crippen molar-refractivity contribution >= 4 is 34.8 Å². The van der Waals surface area contributed by atoms with E-state index in [1.165, 1.54) is 23.1 Å². The molecule has 0 spiro atoms. The molecule has 17 heavy (non-hydrogen) atoms. The van der Waals surface area contributed by atoms with E-state index in [1.807, 2.05) is 0 Å². The van der Waals surface area contributed by atoms with Gasteiger partial charge in [-0.05, 0) is 11.6 Å². The zero-order valence-corrected chi connectivity index (χ0v) is 10.2. The number of anilines is 1. The molecule has 0 aliphatic rings. The summed E-state index contributed by atoms with van der Waals surface area (Å²) in [4.78, 5) is 19.2. The molecule has 0 saturated heterocycles. The standard InChI is InChI=1S/C9H7Cl2N5O/c1-16-7(10)2-6(15-16)8(17)14-5-3-12-9(11)13-4-5/h2-4H,1H3,(H,14,17). The van der Waals surface area contributed by atoms with E-state index in [4.69, 9.17) is 23.2 Å². The highest BCUT2D eigenvalue weighted by Crippen LogP contribution is 2.12. The first-order valence-corrected chi connectivity index (χ1v) is 5.30. The largest absolute Gasteiger partial charge is 0.318 e. The van der Waals surface area contributed by atoms with E-state index < -0.39 is 5.91 Å². The molecular weight excluding hydrogens is 265 g/mol. The number of rotatable bonds is 2. The van der Waals surface area contributed by atoms with E-state index in [2.05, 4.69) is 20.4 Å². The molecule has 8 heteroatoms. The molecule has 0 fully saturated rings. The molecule has 6 nitrogen and oxygen atoms in total. The number of nitrogens with one attached hydrogen (secondary N) is 1. The van der Waals surface area contributed by atoms with Crippen LogP contribution in [0.5, 0.6) is 0 Å². The van der Waals surface area contributed by atoms with Crippen LogP contribution in [0.15, 0.2) is 18.5 Å². The zero-order chi connectivity index (χ0) is 12.4. The predicted molar refractivity (Wildman–Crippen MR) is 63.2 cm³/mol. The van der Waals surface area contributed by atoms with Crippen molar-refractivity contribution in [1.29, 1.82) is 0 Å². The highest BCUT2D eigenvalue weighted by atomic mass is 35.5. The van der Waals surface area contributed by atoms with Gasteiger partial charge in [0.25, 0.3) is 5.91 Å². The Labute approximate surface area is 107 Å². The molecule has 0 aromatic carbocycles. The van der Waals surface area contributed by atoms with E-state index in [0.29, 0.717) is 10.8 Å². The molecular formula is C9H7Cl2N5O. The molecule has 0 unspecified atom stereocenters. The van der Waals surface area contributed by atoms with Crippen LogP contribution in [0.1, 0.15) is 10.5 Å². The summed E-state index contributed by atoms with van der Waals surface area (Å²) in [7, 11) is 1.64. The van der Waals surface area contributed by atoms with Crippen LogP contribution in [-0.4, -0.2) is 25.7 Å². The lowest BCUT2D eigenvalue weighted by molar-refractivity contribution is 0.102. The van der Waals surface area contributed by atoms with Crippen LogP contribution in [0.4, 0.5) is 5.69 Å². The minimum Gasteiger partial charge on any atom is -0.318 e. The molecule has 0 aliphatic carbocycles. The highest BCUT2D eigenvalue weighted by molar-refractivity contribution is 6.30. The average molecular weight is 272 g/mol. The molecule has 2 heterocycles. The maximum atomic E-state index is 11.7. The number of aryl methyl sites for hydroxylation is 1. The fourth-order valence-corrected chi connectivity index (χ4v) is 1.37. The normalized spacial score (nSPS) is 10.3. The van der Waals surface area contributed by atoms with Gasteiger partial charge in [-0.1, -0.05) is 11.6 Å². The van der Waals surface area contributed by atoms with E-state index >= 15 is 0 Å². The molecule has 0 atom stereocenters. The van der Waals surface area contributed by atoms with Crippen LogP contribution in [0, 0.1) is 0 Å². The number of hydrogen-bond donors (Lipinski definition) is 1. The molecule has 2 aromatic heterocycles. The first kappa shape index (κ1) is 11.8. The van der Waals surface area contributed by atoms with E-state index in [0.717, 1.165) is 0 Å². The van der Waals surface area contributed by atoms with Crippen molar-refractivity contribution in [3.05, 3.63) is 34.6 Å². The van der Waals surface area contributed by atoms with E-state index in [1.54, 1.807) is 7.05 Å². The lowest BCUT2D eigenvalue weighted by Gasteiger charge is -2.01. The summed E-state index contributed by atoms with van der Waals surface area (Å²) < 4.78 is 1.40. The Morgan fingerprint density at radius 3 is 2.53 bits per heavy atom. The number of aromatic nitrogens is 4. The first-order chi connectivity index (χ1) is 8.06. The van der Waals surface area contributed by atoms with Gasteiger partial charge in [-0.3, -0.25) is 9.48 Å². The molecule has 0 radical (unpaired) electrons. The van der Waals surface area contributed by atoms with Gasteiger partial charge in [0, 0.05) is 13.1 Å². The summed E-state index contributed by atoms with van der Waals surface area (Å²) >= 11 is 11.3. The summed E-state index contributed by atoms with van der Waals surface area (Å²) in [6, 6.07) is 1.47. The quantitative estimate of drug-likeness (QED) is 0.845. The smallest absolute Gasteiger partial charge is 0.276 e. The number of halogens is 2. The minimum atomic E-state index is -0.390. The molecule has 1 N–H and O–H groups in total. The third-order valence-electron chi connectivity index (χ3n) is 1.93. The molecule has 2 aromatic rings. The van der Waals surface area contributed by atoms with Crippen LogP contribution in [0.3, 0.4) is 0 Å². The fourth-order valence-electron chi connectivity index (χ4n) is 1.13. The maximum absolute atomic E-state index is 11.7. The summed E-state index contributed by atoms with van der Waals surface area (Å²) in [5, 5.41) is 6.99. The monoisotopic (exact) mass is 271 g/mol. The number of carbonyl (C=O) groups excluding carboxylic acids is 1. The van der Waals surface area contributed by atoms with Crippen molar-refractivity contribution in [3.63, 3.8) is 0 Å². The van der Waals surface area contributed by atoms with Crippen molar-refractivity contribution in [1.82, 2.24) is 19.7 Å². The predicted octanol–water partition coefficient (Wildman–Crippen LogP) is 1.77. The van der Waals surface area contributed by atoms with Gasteiger partial charge in [0.1, 0.15) is 5.15 Å². The van der Waals surface area contributed by atoms with Gasteiger partial charge >= 0.3 is 0 Å². The Morgan fingerprint density at radius 2 is 2.00 bits per heavy atom. The van der Waals surface area contributed by atoms with Crippen LogP contribution in [-0.2, 0) is 7.05 Å². The van der Waals surface area contributed by atoms with Crippen molar-refractivity contribution in [2.24, 2.45) is 7.05 Å². The van der Waals surface area contributed by atoms with Gasteiger partial charge in [0.2, 0.25) is 5.28 Å².